The zero-order valence-electron chi connectivity index (χ0n) is 16.2. The monoisotopic (exact) mass is 465 g/mol. The van der Waals surface area contributed by atoms with Gasteiger partial charge in [-0.2, -0.15) is 8.78 Å². The molecule has 0 aliphatic heterocycles. The average molecular weight is 465 g/mol. The Balaban J connectivity index is 1.67. The van der Waals surface area contributed by atoms with E-state index in [-0.39, 0.29) is 12.4 Å². The smallest absolute Gasteiger partial charge is 0.323 e. The van der Waals surface area contributed by atoms with E-state index in [2.05, 4.69) is 20.5 Å². The van der Waals surface area contributed by atoms with Gasteiger partial charge in [0.15, 0.2) is 5.60 Å². The summed E-state index contributed by atoms with van der Waals surface area (Å²) in [5, 5.41) is 23.1. The van der Waals surface area contributed by atoms with Crippen LogP contribution >= 0.6 is 11.3 Å². The summed E-state index contributed by atoms with van der Waals surface area (Å²) in [6.45, 7) is -0.688. The summed E-state index contributed by atoms with van der Waals surface area (Å²) in [6, 6.07) is 7.88. The van der Waals surface area contributed by atoms with Crippen LogP contribution in [0.2, 0.25) is 0 Å². The summed E-state index contributed by atoms with van der Waals surface area (Å²) < 4.78 is 65.4. The second kappa shape index (κ2) is 8.63. The number of nitrogens with zero attached hydrogens (tertiary/aromatic N) is 5. The molecule has 166 valence electrons. The molecule has 0 bridgehead atoms. The Labute approximate surface area is 182 Å². The van der Waals surface area contributed by atoms with E-state index < -0.39 is 41.0 Å². The van der Waals surface area contributed by atoms with Crippen molar-refractivity contribution < 1.29 is 27.4 Å². The van der Waals surface area contributed by atoms with Gasteiger partial charge in [0, 0.05) is 16.5 Å². The molecule has 0 saturated heterocycles. The predicted octanol–water partition coefficient (Wildman–Crippen LogP) is 3.67. The van der Waals surface area contributed by atoms with Crippen LogP contribution in [-0.2, 0) is 24.7 Å². The number of hydrogen-bond acceptors (Lipinski definition) is 7. The first-order valence-electron chi connectivity index (χ1n) is 9.18. The van der Waals surface area contributed by atoms with Crippen LogP contribution in [-0.4, -0.2) is 30.3 Å². The van der Waals surface area contributed by atoms with Gasteiger partial charge in [0.1, 0.15) is 36.0 Å². The summed E-state index contributed by atoms with van der Waals surface area (Å²) in [5.41, 5.74) is -4.87. The Bertz CT molecular complexity index is 1170. The molecule has 12 heteroatoms. The van der Waals surface area contributed by atoms with E-state index >= 15 is 8.78 Å². The van der Waals surface area contributed by atoms with Crippen molar-refractivity contribution in [2.24, 2.45) is 0 Å². The van der Waals surface area contributed by atoms with Crippen molar-refractivity contribution in [3.63, 3.8) is 0 Å². The van der Waals surface area contributed by atoms with E-state index in [0.29, 0.717) is 6.07 Å². The molecule has 4 aromatic rings. The van der Waals surface area contributed by atoms with Gasteiger partial charge in [-0.15, -0.1) is 16.4 Å². The minimum Gasteiger partial charge on any atom is -0.486 e. The quantitative estimate of drug-likeness (QED) is 0.400. The van der Waals surface area contributed by atoms with Gasteiger partial charge < -0.3 is 9.84 Å². The third-order valence-corrected chi connectivity index (χ3v) is 5.55. The zero-order valence-corrected chi connectivity index (χ0v) is 17.0. The van der Waals surface area contributed by atoms with E-state index in [4.69, 9.17) is 4.74 Å². The normalized spacial score (nSPS) is 13.7. The Kier molecular flexibility index (Phi) is 5.89. The number of benzene rings is 1. The van der Waals surface area contributed by atoms with Gasteiger partial charge in [-0.1, -0.05) is 6.07 Å². The largest absolute Gasteiger partial charge is 0.486 e. The number of pyridine rings is 1. The highest BCUT2D eigenvalue weighted by Gasteiger charge is 2.58. The second-order valence-electron chi connectivity index (χ2n) is 6.81. The molecule has 3 aromatic heterocycles. The standard InChI is InChI=1S/C20H15F4N5O2S/c21-13-3-5-16(17(22)8-13)19(30,11-29-12-26-27-28-29)20(23,24)18-6-4-14(9-25-18)31-10-15-2-1-7-32-15/h1-9,12,30H,10-11H2. The van der Waals surface area contributed by atoms with Crippen LogP contribution in [0.15, 0.2) is 60.4 Å². The number of hydrogen-bond donors (Lipinski definition) is 1. The van der Waals surface area contributed by atoms with Crippen molar-refractivity contribution in [2.45, 2.75) is 24.7 Å². The first-order valence-corrected chi connectivity index (χ1v) is 10.1. The van der Waals surface area contributed by atoms with Crippen molar-refractivity contribution >= 4 is 11.3 Å². The highest BCUT2D eigenvalue weighted by atomic mass is 32.1. The summed E-state index contributed by atoms with van der Waals surface area (Å²) in [6.07, 6.45) is 2.06. The fraction of sp³-hybridized carbons (Fsp3) is 0.200. The summed E-state index contributed by atoms with van der Waals surface area (Å²) in [4.78, 5) is 4.66. The number of tetrazole rings is 1. The number of alkyl halides is 2. The maximum Gasteiger partial charge on any atom is 0.323 e. The van der Waals surface area contributed by atoms with E-state index in [9.17, 15) is 13.9 Å². The Morgan fingerprint density at radius 3 is 2.59 bits per heavy atom. The van der Waals surface area contributed by atoms with Crippen molar-refractivity contribution in [3.8, 4) is 5.75 Å². The van der Waals surface area contributed by atoms with E-state index in [1.807, 2.05) is 17.5 Å². The number of ether oxygens (including phenoxy) is 1. The first kappa shape index (κ1) is 21.8. The molecule has 3 heterocycles. The topological polar surface area (TPSA) is 86.0 Å². The van der Waals surface area contributed by atoms with Gasteiger partial charge in [0.2, 0.25) is 0 Å². The average Bonchev–Trinajstić information content (AvgIpc) is 3.46. The predicted molar refractivity (Wildman–Crippen MR) is 105 cm³/mol. The fourth-order valence-corrected chi connectivity index (χ4v) is 3.69. The Morgan fingerprint density at radius 1 is 1.12 bits per heavy atom. The molecule has 0 aliphatic carbocycles. The highest BCUT2D eigenvalue weighted by molar-refractivity contribution is 7.09. The molecular weight excluding hydrogens is 450 g/mol. The summed E-state index contributed by atoms with van der Waals surface area (Å²) in [5.74, 6) is -6.22. The third-order valence-electron chi connectivity index (χ3n) is 4.70. The number of rotatable bonds is 8. The van der Waals surface area contributed by atoms with Crippen LogP contribution in [0.3, 0.4) is 0 Å². The molecule has 1 aromatic carbocycles. The molecule has 1 unspecified atom stereocenters. The number of aliphatic hydroxyl groups is 1. The van der Waals surface area contributed by atoms with Gasteiger partial charge >= 0.3 is 5.92 Å². The number of aromatic nitrogens is 5. The number of halogens is 4. The van der Waals surface area contributed by atoms with E-state index in [1.54, 1.807) is 0 Å². The molecule has 1 atom stereocenters. The van der Waals surface area contributed by atoms with Crippen molar-refractivity contribution in [1.29, 1.82) is 0 Å². The van der Waals surface area contributed by atoms with Crippen molar-refractivity contribution in [2.75, 3.05) is 0 Å². The molecular formula is C20H15F4N5O2S. The molecule has 7 nitrogen and oxygen atoms in total. The zero-order chi connectivity index (χ0) is 22.8. The molecule has 0 spiro atoms. The lowest BCUT2D eigenvalue weighted by Gasteiger charge is -2.35. The van der Waals surface area contributed by atoms with Crippen molar-refractivity contribution in [1.82, 2.24) is 25.2 Å². The van der Waals surface area contributed by atoms with Gasteiger partial charge in [-0.3, -0.25) is 4.98 Å². The van der Waals surface area contributed by atoms with Crippen LogP contribution in [0.4, 0.5) is 17.6 Å². The molecule has 0 amide bonds. The Hall–Kier alpha value is -3.38. The van der Waals surface area contributed by atoms with Crippen LogP contribution in [0.1, 0.15) is 16.1 Å². The maximum absolute atomic E-state index is 15.6. The third kappa shape index (κ3) is 4.18. The lowest BCUT2D eigenvalue weighted by molar-refractivity contribution is -0.207. The number of thiophene rings is 1. The second-order valence-corrected chi connectivity index (χ2v) is 7.85. The van der Waals surface area contributed by atoms with Gasteiger partial charge in [-0.25, -0.2) is 13.5 Å². The molecule has 1 N–H and O–H groups in total. The molecule has 4 rings (SSSR count). The molecule has 0 saturated carbocycles. The minimum absolute atomic E-state index is 0.231. The minimum atomic E-state index is -4.12. The molecule has 32 heavy (non-hydrogen) atoms. The lowest BCUT2D eigenvalue weighted by Crippen LogP contribution is -2.48. The van der Waals surface area contributed by atoms with Gasteiger partial charge in [0.25, 0.3) is 0 Å². The van der Waals surface area contributed by atoms with Gasteiger partial charge in [-0.05, 0) is 46.1 Å². The summed E-state index contributed by atoms with van der Waals surface area (Å²) >= 11 is 1.48. The fourth-order valence-electron chi connectivity index (χ4n) is 3.08. The summed E-state index contributed by atoms with van der Waals surface area (Å²) in [7, 11) is 0. The van der Waals surface area contributed by atoms with Crippen LogP contribution in [0.5, 0.6) is 5.75 Å². The van der Waals surface area contributed by atoms with Crippen LogP contribution < -0.4 is 4.74 Å². The lowest BCUT2D eigenvalue weighted by atomic mass is 9.84. The highest BCUT2D eigenvalue weighted by Crippen LogP contribution is 2.46. The van der Waals surface area contributed by atoms with Crippen molar-refractivity contribution in [3.05, 3.63) is 88.1 Å². The van der Waals surface area contributed by atoms with Crippen LogP contribution in [0, 0.1) is 11.6 Å². The SMILES string of the molecule is OC(Cn1cnnn1)(c1ccc(F)cc1F)C(F)(F)c1ccc(OCc2cccs2)cn1. The first-order chi connectivity index (χ1) is 15.3. The Morgan fingerprint density at radius 2 is 1.97 bits per heavy atom. The maximum atomic E-state index is 15.6. The van der Waals surface area contributed by atoms with E-state index in [0.717, 1.165) is 40.3 Å². The molecule has 0 radical (unpaired) electrons. The van der Waals surface area contributed by atoms with Crippen LogP contribution in [0.25, 0.3) is 0 Å². The van der Waals surface area contributed by atoms with Gasteiger partial charge in [0.05, 0.1) is 12.7 Å². The van der Waals surface area contributed by atoms with E-state index in [1.165, 1.54) is 17.4 Å². The molecule has 0 fully saturated rings. The molecule has 0 aliphatic rings.